The van der Waals surface area contributed by atoms with Crippen molar-refractivity contribution in [2.45, 2.75) is 82.5 Å². The fourth-order valence-corrected chi connectivity index (χ4v) is 11.7. The summed E-state index contributed by atoms with van der Waals surface area (Å²) in [5.74, 6) is 4.95. The maximum absolute atomic E-state index is 13.7. The smallest absolute Gasteiger partial charge is 0.240 e. The number of isocyanates is 1. The number of carbonyl (C=O) groups excluding carboxylic acids is 2. The van der Waals surface area contributed by atoms with Crippen molar-refractivity contribution < 1.29 is 9.59 Å². The first-order chi connectivity index (χ1) is 17.0. The molecule has 8 fully saturated rings. The highest BCUT2D eigenvalue weighted by atomic mass is 32.1. The molecule has 0 spiro atoms. The summed E-state index contributed by atoms with van der Waals surface area (Å²) in [4.78, 5) is 34.2. The minimum absolute atomic E-state index is 0.183. The summed E-state index contributed by atoms with van der Waals surface area (Å²) in [6, 6.07) is 3.92. The van der Waals surface area contributed by atoms with Crippen molar-refractivity contribution in [2.75, 3.05) is 5.32 Å². The average Bonchev–Trinajstić information content (AvgIpc) is 3.23. The molecular weight excluding hydrogens is 454 g/mol. The molecule has 8 bridgehead atoms. The average molecular weight is 488 g/mol. The molecule has 1 heterocycles. The van der Waals surface area contributed by atoms with Gasteiger partial charge in [-0.05, 0) is 125 Å². The Balaban J connectivity index is 1.14. The van der Waals surface area contributed by atoms with Crippen LogP contribution in [0.5, 0.6) is 0 Å². The predicted molar refractivity (Wildman–Crippen MR) is 136 cm³/mol. The molecule has 182 valence electrons. The van der Waals surface area contributed by atoms with E-state index in [-0.39, 0.29) is 16.7 Å². The lowest BCUT2D eigenvalue weighted by Crippen LogP contribution is -2.51. The van der Waals surface area contributed by atoms with Gasteiger partial charge in [0.15, 0.2) is 0 Å². The number of hydrogen-bond donors (Lipinski definition) is 1. The first-order valence-corrected chi connectivity index (χ1v) is 14.7. The Kier molecular flexibility index (Phi) is 4.37. The predicted octanol–water partition coefficient (Wildman–Crippen LogP) is 6.89. The van der Waals surface area contributed by atoms with E-state index in [1.165, 1.54) is 62.8 Å². The van der Waals surface area contributed by atoms with Crippen molar-refractivity contribution in [3.8, 4) is 0 Å². The van der Waals surface area contributed by atoms with E-state index in [4.69, 9.17) is 4.98 Å². The van der Waals surface area contributed by atoms with E-state index in [1.807, 2.05) is 6.07 Å². The number of anilines is 1. The molecule has 0 saturated heterocycles. The summed E-state index contributed by atoms with van der Waals surface area (Å²) < 4.78 is 1.04. The quantitative estimate of drug-likeness (QED) is 0.377. The normalized spacial score (nSPS) is 42.4. The van der Waals surface area contributed by atoms with Crippen molar-refractivity contribution >= 4 is 44.9 Å². The van der Waals surface area contributed by atoms with Crippen LogP contribution in [0.3, 0.4) is 0 Å². The molecule has 35 heavy (non-hydrogen) atoms. The Labute approximate surface area is 210 Å². The topological polar surface area (TPSA) is 71.4 Å². The number of fused-ring (bicyclic) bond motifs is 1. The van der Waals surface area contributed by atoms with Crippen molar-refractivity contribution in [3.63, 3.8) is 0 Å². The number of thiazole rings is 1. The first-order valence-electron chi connectivity index (χ1n) is 13.8. The maximum Gasteiger partial charge on any atom is 0.240 e. The van der Waals surface area contributed by atoms with Gasteiger partial charge in [-0.15, -0.1) is 11.3 Å². The third kappa shape index (κ3) is 3.18. The van der Waals surface area contributed by atoms with Crippen LogP contribution in [-0.4, -0.2) is 17.0 Å². The Morgan fingerprint density at radius 3 is 1.97 bits per heavy atom. The van der Waals surface area contributed by atoms with Crippen molar-refractivity contribution in [1.82, 2.24) is 4.98 Å². The van der Waals surface area contributed by atoms with Gasteiger partial charge in [0.05, 0.1) is 10.1 Å². The van der Waals surface area contributed by atoms with Crippen LogP contribution >= 0.6 is 11.3 Å². The molecule has 6 heteroatoms. The Hall–Kier alpha value is -2.04. The van der Waals surface area contributed by atoms with Crippen LogP contribution in [0, 0.1) is 40.9 Å². The Bertz CT molecular complexity index is 1220. The SMILES string of the molecule is O=C=Nc1cc(NC(=O)C23CC4CC(CC(C4)C2)C3)cc2sc(C34CC5CC(CC(C5)C3)C4)nc12. The zero-order valence-electron chi connectivity index (χ0n) is 20.2. The minimum atomic E-state index is -0.199. The third-order valence-electron chi connectivity index (χ3n) is 10.9. The van der Waals surface area contributed by atoms with Gasteiger partial charge in [-0.25, -0.2) is 9.78 Å². The second kappa shape index (κ2) is 7.26. The lowest BCUT2D eigenvalue weighted by Gasteiger charge is -2.56. The monoisotopic (exact) mass is 487 g/mol. The number of amides is 1. The van der Waals surface area contributed by atoms with E-state index in [2.05, 4.69) is 16.4 Å². The second-order valence-electron chi connectivity index (χ2n) is 13.4. The molecule has 2 aromatic rings. The molecule has 8 saturated carbocycles. The molecule has 10 rings (SSSR count). The van der Waals surface area contributed by atoms with E-state index >= 15 is 0 Å². The lowest BCUT2D eigenvalue weighted by molar-refractivity contribution is -0.140. The molecular formula is C29H33N3O2S. The van der Waals surface area contributed by atoms with Crippen LogP contribution in [0.25, 0.3) is 10.2 Å². The van der Waals surface area contributed by atoms with E-state index in [1.54, 1.807) is 17.4 Å². The van der Waals surface area contributed by atoms with Crippen LogP contribution in [-0.2, 0) is 15.0 Å². The molecule has 8 aliphatic rings. The van der Waals surface area contributed by atoms with Crippen molar-refractivity contribution in [1.29, 1.82) is 0 Å². The zero-order chi connectivity index (χ0) is 23.4. The fraction of sp³-hybridized carbons (Fsp3) is 0.690. The van der Waals surface area contributed by atoms with E-state index in [0.717, 1.165) is 70.7 Å². The van der Waals surface area contributed by atoms with E-state index in [0.29, 0.717) is 5.69 Å². The van der Waals surface area contributed by atoms with Crippen molar-refractivity contribution in [3.05, 3.63) is 17.1 Å². The number of nitrogens with one attached hydrogen (secondary N) is 1. The molecule has 0 radical (unpaired) electrons. The highest BCUT2D eigenvalue weighted by Gasteiger charge is 2.55. The number of benzene rings is 1. The minimum Gasteiger partial charge on any atom is -0.325 e. The van der Waals surface area contributed by atoms with Crippen LogP contribution in [0.1, 0.15) is 82.1 Å². The zero-order valence-corrected chi connectivity index (χ0v) is 21.0. The summed E-state index contributed by atoms with van der Waals surface area (Å²) in [5, 5.41) is 4.52. The molecule has 1 amide bonds. The largest absolute Gasteiger partial charge is 0.325 e. The molecule has 0 unspecified atom stereocenters. The van der Waals surface area contributed by atoms with Crippen LogP contribution in [0.2, 0.25) is 0 Å². The van der Waals surface area contributed by atoms with Gasteiger partial charge < -0.3 is 5.32 Å². The number of nitrogens with zero attached hydrogens (tertiary/aromatic N) is 2. The maximum atomic E-state index is 13.7. The van der Waals surface area contributed by atoms with Crippen LogP contribution in [0.15, 0.2) is 17.1 Å². The van der Waals surface area contributed by atoms with Gasteiger partial charge in [-0.2, -0.15) is 4.99 Å². The van der Waals surface area contributed by atoms with Gasteiger partial charge in [0.1, 0.15) is 16.2 Å². The highest BCUT2D eigenvalue weighted by Crippen LogP contribution is 2.62. The number of rotatable bonds is 4. The van der Waals surface area contributed by atoms with Crippen LogP contribution < -0.4 is 5.32 Å². The molecule has 8 aliphatic carbocycles. The van der Waals surface area contributed by atoms with Gasteiger partial charge in [-0.1, -0.05) is 0 Å². The lowest BCUT2D eigenvalue weighted by atomic mass is 9.49. The Morgan fingerprint density at radius 1 is 0.886 bits per heavy atom. The number of hydrogen-bond acceptors (Lipinski definition) is 5. The summed E-state index contributed by atoms with van der Waals surface area (Å²) in [6.07, 6.45) is 16.9. The third-order valence-corrected chi connectivity index (χ3v) is 12.2. The molecule has 0 atom stereocenters. The highest BCUT2D eigenvalue weighted by molar-refractivity contribution is 7.18. The van der Waals surface area contributed by atoms with Crippen molar-refractivity contribution in [2.24, 2.45) is 45.9 Å². The fourth-order valence-electron chi connectivity index (χ4n) is 10.5. The molecule has 5 nitrogen and oxygen atoms in total. The summed E-state index contributed by atoms with van der Waals surface area (Å²) in [6.45, 7) is 0. The molecule has 1 aromatic heterocycles. The second-order valence-corrected chi connectivity index (χ2v) is 14.4. The summed E-state index contributed by atoms with van der Waals surface area (Å²) in [5.41, 5.74) is 2.12. The molecule has 1 N–H and O–H groups in total. The first kappa shape index (κ1) is 21.1. The number of aromatic nitrogens is 1. The van der Waals surface area contributed by atoms with Crippen LogP contribution in [0.4, 0.5) is 11.4 Å². The number of carbonyl (C=O) groups is 1. The Morgan fingerprint density at radius 2 is 1.43 bits per heavy atom. The summed E-state index contributed by atoms with van der Waals surface area (Å²) >= 11 is 1.77. The summed E-state index contributed by atoms with van der Waals surface area (Å²) in [7, 11) is 0. The van der Waals surface area contributed by atoms with Gasteiger partial charge in [-0.3, -0.25) is 4.79 Å². The van der Waals surface area contributed by atoms with Gasteiger partial charge in [0.25, 0.3) is 0 Å². The van der Waals surface area contributed by atoms with E-state index < -0.39 is 0 Å². The number of aliphatic imine (C=N–C) groups is 1. The molecule has 0 aliphatic heterocycles. The van der Waals surface area contributed by atoms with E-state index in [9.17, 15) is 9.59 Å². The van der Waals surface area contributed by atoms with Gasteiger partial charge in [0.2, 0.25) is 12.0 Å². The van der Waals surface area contributed by atoms with Gasteiger partial charge in [0, 0.05) is 11.1 Å². The van der Waals surface area contributed by atoms with Gasteiger partial charge >= 0.3 is 0 Å². The molecule has 1 aromatic carbocycles. The standard InChI is InChI=1S/C29H33N3O2S/c33-15-30-23-7-22(31-26(34)28-9-16-1-17(10-28)3-18(2-16)11-28)8-24-25(23)32-27(35-24)29-12-19-4-20(13-29)6-21(5-19)14-29/h7-8,16-21H,1-6,9-14H2,(H,31,34).